The molecule has 1 aromatic carbocycles. The van der Waals surface area contributed by atoms with Crippen LogP contribution in [0, 0.1) is 0 Å². The molecule has 6 nitrogen and oxygen atoms in total. The van der Waals surface area contributed by atoms with Crippen molar-refractivity contribution in [2.24, 2.45) is 0 Å². The maximum atomic E-state index is 11.9. The van der Waals surface area contributed by atoms with Crippen molar-refractivity contribution in [3.8, 4) is 0 Å². The molecule has 0 saturated carbocycles. The summed E-state index contributed by atoms with van der Waals surface area (Å²) in [4.78, 5) is 24.3. The Labute approximate surface area is 129 Å². The number of hydrogen-bond donors (Lipinski definition) is 3. The van der Waals surface area contributed by atoms with Gasteiger partial charge in [-0.3, -0.25) is 4.79 Å². The lowest BCUT2D eigenvalue weighted by Crippen LogP contribution is -2.34. The number of rotatable bonds is 4. The van der Waals surface area contributed by atoms with Crippen LogP contribution < -0.4 is 5.32 Å². The van der Waals surface area contributed by atoms with E-state index >= 15 is 0 Å². The van der Waals surface area contributed by atoms with Gasteiger partial charge in [0, 0.05) is 18.8 Å². The summed E-state index contributed by atoms with van der Waals surface area (Å²) in [6, 6.07) is 5.49. The van der Waals surface area contributed by atoms with Gasteiger partial charge >= 0.3 is 6.09 Å². The van der Waals surface area contributed by atoms with Crippen LogP contribution in [0.3, 0.4) is 0 Å². The first kappa shape index (κ1) is 16.3. The molecule has 0 aliphatic carbocycles. The summed E-state index contributed by atoms with van der Waals surface area (Å²) >= 11 is 0. The second kappa shape index (κ2) is 6.36. The van der Waals surface area contributed by atoms with Crippen LogP contribution in [0.5, 0.6) is 0 Å². The monoisotopic (exact) mass is 306 g/mol. The van der Waals surface area contributed by atoms with Gasteiger partial charge in [-0.1, -0.05) is 13.0 Å². The second-order valence-corrected chi connectivity index (χ2v) is 6.01. The lowest BCUT2D eigenvalue weighted by Gasteiger charge is -2.27. The topological polar surface area (TPSA) is 89.9 Å². The first-order valence-corrected chi connectivity index (χ1v) is 7.42. The van der Waals surface area contributed by atoms with Crippen LogP contribution in [0.4, 0.5) is 10.5 Å². The Kier molecular flexibility index (Phi) is 4.71. The Balaban J connectivity index is 2.03. The molecule has 1 unspecified atom stereocenters. The van der Waals surface area contributed by atoms with Gasteiger partial charge in [-0.25, -0.2) is 4.79 Å². The number of anilines is 1. The minimum atomic E-state index is -1.000. The number of benzene rings is 1. The number of carboxylic acid groups (broad SMARTS) is 1. The number of fused-ring (bicyclic) bond motifs is 1. The number of hydrogen-bond acceptors (Lipinski definition) is 3. The third-order valence-corrected chi connectivity index (χ3v) is 4.08. The highest BCUT2D eigenvalue weighted by atomic mass is 16.4. The predicted molar refractivity (Wildman–Crippen MR) is 82.7 cm³/mol. The van der Waals surface area contributed by atoms with Gasteiger partial charge in [-0.15, -0.1) is 0 Å². The zero-order valence-electron chi connectivity index (χ0n) is 12.9. The van der Waals surface area contributed by atoms with E-state index in [-0.39, 0.29) is 12.3 Å². The summed E-state index contributed by atoms with van der Waals surface area (Å²) in [6.45, 7) is 4.31. The van der Waals surface area contributed by atoms with Crippen molar-refractivity contribution in [1.82, 2.24) is 4.90 Å². The summed E-state index contributed by atoms with van der Waals surface area (Å²) in [7, 11) is 0. The minimum Gasteiger partial charge on any atom is -0.465 e. The van der Waals surface area contributed by atoms with Crippen LogP contribution in [0.25, 0.3) is 0 Å². The summed E-state index contributed by atoms with van der Waals surface area (Å²) in [5.74, 6) is -0.227. The molecule has 0 aromatic heterocycles. The standard InChI is InChI=1S/C16H22N2O4/c1-3-16(2,22)9-14(19)17-13-5-4-12-10-18(15(20)21)7-6-11(12)8-13/h4-5,8,22H,3,6-7,9-10H2,1-2H3,(H,17,19)(H,20,21). The highest BCUT2D eigenvalue weighted by molar-refractivity contribution is 5.91. The van der Waals surface area contributed by atoms with Gasteiger partial charge in [0.05, 0.1) is 12.0 Å². The van der Waals surface area contributed by atoms with Crippen LogP contribution in [0.15, 0.2) is 18.2 Å². The molecule has 1 aliphatic rings. The molecule has 22 heavy (non-hydrogen) atoms. The Morgan fingerprint density at radius 3 is 2.73 bits per heavy atom. The average molecular weight is 306 g/mol. The van der Waals surface area contributed by atoms with Crippen LogP contribution >= 0.6 is 0 Å². The van der Waals surface area contributed by atoms with Gasteiger partial charge in [-0.05, 0) is 43.0 Å². The van der Waals surface area contributed by atoms with E-state index in [1.54, 1.807) is 13.0 Å². The number of carbonyl (C=O) groups is 2. The molecular formula is C16H22N2O4. The van der Waals surface area contributed by atoms with E-state index in [9.17, 15) is 14.7 Å². The van der Waals surface area contributed by atoms with Gasteiger partial charge < -0.3 is 20.4 Å². The van der Waals surface area contributed by atoms with Gasteiger partial charge in [0.25, 0.3) is 0 Å². The fourth-order valence-electron chi connectivity index (χ4n) is 2.47. The summed E-state index contributed by atoms with van der Waals surface area (Å²) in [5, 5.41) is 21.7. The van der Waals surface area contributed by atoms with Crippen molar-refractivity contribution in [3.05, 3.63) is 29.3 Å². The Morgan fingerprint density at radius 2 is 2.09 bits per heavy atom. The second-order valence-electron chi connectivity index (χ2n) is 6.01. The first-order chi connectivity index (χ1) is 10.3. The Bertz CT molecular complexity index is 584. The van der Waals surface area contributed by atoms with Crippen molar-refractivity contribution in [2.45, 2.75) is 45.3 Å². The Morgan fingerprint density at radius 1 is 1.36 bits per heavy atom. The van der Waals surface area contributed by atoms with E-state index in [1.807, 2.05) is 19.1 Å². The van der Waals surface area contributed by atoms with E-state index in [4.69, 9.17) is 5.11 Å². The fraction of sp³-hybridized carbons (Fsp3) is 0.500. The minimum absolute atomic E-state index is 0.0490. The van der Waals surface area contributed by atoms with Crippen molar-refractivity contribution >= 4 is 17.7 Å². The number of nitrogens with zero attached hydrogens (tertiary/aromatic N) is 1. The van der Waals surface area contributed by atoms with Crippen LogP contribution in [0.1, 0.15) is 37.8 Å². The first-order valence-electron chi connectivity index (χ1n) is 7.42. The molecule has 0 bridgehead atoms. The van der Waals surface area contributed by atoms with Gasteiger partial charge in [0.15, 0.2) is 0 Å². The molecule has 1 aromatic rings. The molecule has 1 atom stereocenters. The van der Waals surface area contributed by atoms with E-state index in [2.05, 4.69) is 5.32 Å². The number of amides is 2. The van der Waals surface area contributed by atoms with Crippen molar-refractivity contribution in [3.63, 3.8) is 0 Å². The summed E-state index contributed by atoms with van der Waals surface area (Å²) < 4.78 is 0. The highest BCUT2D eigenvalue weighted by Gasteiger charge is 2.23. The van der Waals surface area contributed by atoms with Gasteiger partial charge in [0.1, 0.15) is 0 Å². The largest absolute Gasteiger partial charge is 0.465 e. The molecule has 2 amide bonds. The molecule has 0 saturated heterocycles. The molecule has 0 fully saturated rings. The van der Waals surface area contributed by atoms with E-state index in [0.717, 1.165) is 11.1 Å². The van der Waals surface area contributed by atoms with E-state index < -0.39 is 11.7 Å². The average Bonchev–Trinajstić information content (AvgIpc) is 2.45. The van der Waals surface area contributed by atoms with E-state index in [1.165, 1.54) is 4.90 Å². The van der Waals surface area contributed by atoms with Crippen LogP contribution in [-0.4, -0.2) is 39.3 Å². The quantitative estimate of drug-likeness (QED) is 0.795. The van der Waals surface area contributed by atoms with Gasteiger partial charge in [-0.2, -0.15) is 0 Å². The molecule has 6 heteroatoms. The van der Waals surface area contributed by atoms with Crippen molar-refractivity contribution in [1.29, 1.82) is 0 Å². The molecular weight excluding hydrogens is 284 g/mol. The van der Waals surface area contributed by atoms with E-state index in [0.29, 0.717) is 31.6 Å². The van der Waals surface area contributed by atoms with Crippen molar-refractivity contribution in [2.75, 3.05) is 11.9 Å². The third-order valence-electron chi connectivity index (χ3n) is 4.08. The predicted octanol–water partition coefficient (Wildman–Crippen LogP) is 2.21. The van der Waals surface area contributed by atoms with Crippen molar-refractivity contribution < 1.29 is 19.8 Å². The van der Waals surface area contributed by atoms with Gasteiger partial charge in [0.2, 0.25) is 5.91 Å². The lowest BCUT2D eigenvalue weighted by molar-refractivity contribution is -0.120. The highest BCUT2D eigenvalue weighted by Crippen LogP contribution is 2.23. The summed E-state index contributed by atoms with van der Waals surface area (Å²) in [5.41, 5.74) is 1.70. The number of aliphatic hydroxyl groups is 1. The Hall–Kier alpha value is -2.08. The number of carbonyl (C=O) groups excluding carboxylic acids is 1. The molecule has 120 valence electrons. The lowest BCUT2D eigenvalue weighted by atomic mass is 9.98. The smallest absolute Gasteiger partial charge is 0.407 e. The van der Waals surface area contributed by atoms with Crippen LogP contribution in [0.2, 0.25) is 0 Å². The number of nitrogens with one attached hydrogen (secondary N) is 1. The molecule has 1 aliphatic heterocycles. The molecule has 0 spiro atoms. The van der Waals surface area contributed by atoms with Crippen LogP contribution in [-0.2, 0) is 17.8 Å². The fourth-order valence-corrected chi connectivity index (χ4v) is 2.47. The molecule has 3 N–H and O–H groups in total. The maximum Gasteiger partial charge on any atom is 0.407 e. The zero-order valence-corrected chi connectivity index (χ0v) is 12.9. The third kappa shape index (κ3) is 3.98. The molecule has 0 radical (unpaired) electrons. The maximum absolute atomic E-state index is 11.9. The SMILES string of the molecule is CCC(C)(O)CC(=O)Nc1ccc2c(c1)CCN(C(=O)O)C2. The molecule has 1 heterocycles. The normalized spacial score (nSPS) is 16.6. The molecule has 2 rings (SSSR count). The summed E-state index contributed by atoms with van der Waals surface area (Å²) in [6.07, 6.45) is 0.283. The zero-order chi connectivity index (χ0) is 16.3.